The number of nitrogens with one attached hydrogen (secondary N) is 2. The number of unbranched alkanes of at least 4 members (excludes halogenated alkanes) is 1. The van der Waals surface area contributed by atoms with Gasteiger partial charge in [0.05, 0.1) is 0 Å². The smallest absolute Gasteiger partial charge is 0.326 e. The zero-order chi connectivity index (χ0) is 24.1. The molecule has 0 aliphatic rings. The van der Waals surface area contributed by atoms with Crippen LogP contribution in [0.3, 0.4) is 0 Å². The molecule has 0 spiro atoms. The first-order chi connectivity index (χ1) is 15.9. The highest BCUT2D eigenvalue weighted by molar-refractivity contribution is 5.96. The molecule has 1 atom stereocenters. The second-order valence-corrected chi connectivity index (χ2v) is 7.43. The van der Waals surface area contributed by atoms with E-state index in [1.54, 1.807) is 12.1 Å². The summed E-state index contributed by atoms with van der Waals surface area (Å²) >= 11 is 0. The molecule has 0 heterocycles. The lowest BCUT2D eigenvalue weighted by molar-refractivity contribution is -0.139. The van der Waals surface area contributed by atoms with Crippen molar-refractivity contribution in [3.05, 3.63) is 75.9 Å². The van der Waals surface area contributed by atoms with Gasteiger partial charge in [-0.2, -0.15) is 0 Å². The molecule has 0 unspecified atom stereocenters. The summed E-state index contributed by atoms with van der Waals surface area (Å²) in [5.74, 6) is -2.06. The lowest BCUT2D eigenvalue weighted by Gasteiger charge is -2.14. The number of amides is 2. The average Bonchev–Trinajstić information content (AvgIpc) is 2.80. The molecule has 2 rings (SSSR count). The normalized spacial score (nSPS) is 11.2. The van der Waals surface area contributed by atoms with E-state index in [1.807, 2.05) is 0 Å². The van der Waals surface area contributed by atoms with Gasteiger partial charge in [0.1, 0.15) is 11.9 Å². The number of hydrogen-bond donors (Lipinski definition) is 3. The summed E-state index contributed by atoms with van der Waals surface area (Å²) in [6.45, 7) is 0.413. The van der Waals surface area contributed by atoms with Crippen LogP contribution in [-0.4, -0.2) is 35.5 Å². The van der Waals surface area contributed by atoms with Gasteiger partial charge in [-0.15, -0.1) is 0 Å². The summed E-state index contributed by atoms with van der Waals surface area (Å²) in [5, 5.41) is 18.1. The number of carbonyl (C=O) groups excluding carboxylic acids is 2. The largest absolute Gasteiger partial charge is 0.480 e. The first-order valence-electron chi connectivity index (χ1n) is 10.6. The third-order valence-corrected chi connectivity index (χ3v) is 4.92. The second-order valence-electron chi connectivity index (χ2n) is 7.43. The Hall–Kier alpha value is -3.91. The number of carboxylic acids is 1. The Kier molecular flexibility index (Phi) is 10.4. The second kappa shape index (κ2) is 13.5. The summed E-state index contributed by atoms with van der Waals surface area (Å²) in [4.78, 5) is 38.3. The molecule has 2 aromatic carbocycles. The minimum atomic E-state index is -1.14. The number of benzene rings is 2. The van der Waals surface area contributed by atoms with Crippen LogP contribution >= 0.6 is 0 Å². The number of carbonyl (C=O) groups is 3. The van der Waals surface area contributed by atoms with E-state index in [0.717, 1.165) is 5.56 Å². The Balaban J connectivity index is 1.65. The molecule has 33 heavy (non-hydrogen) atoms. The molecule has 0 aromatic heterocycles. The third-order valence-electron chi connectivity index (χ3n) is 4.92. The van der Waals surface area contributed by atoms with Gasteiger partial charge in [0.15, 0.2) is 0 Å². The van der Waals surface area contributed by atoms with E-state index in [2.05, 4.69) is 20.7 Å². The summed E-state index contributed by atoms with van der Waals surface area (Å²) < 4.78 is 12.9. The predicted octanol–water partition coefficient (Wildman–Crippen LogP) is 4.26. The molecule has 9 nitrogen and oxygen atoms in total. The maximum atomic E-state index is 12.9. The number of halogens is 1. The third kappa shape index (κ3) is 9.40. The minimum absolute atomic E-state index is 0.0932. The molecule has 10 heteroatoms. The van der Waals surface area contributed by atoms with Gasteiger partial charge in [-0.1, -0.05) is 29.4 Å². The van der Waals surface area contributed by atoms with Crippen LogP contribution in [0.1, 0.15) is 48.0 Å². The minimum Gasteiger partial charge on any atom is -0.480 e. The van der Waals surface area contributed by atoms with E-state index in [0.29, 0.717) is 44.3 Å². The van der Waals surface area contributed by atoms with Gasteiger partial charge in [0.2, 0.25) is 5.91 Å². The van der Waals surface area contributed by atoms with E-state index in [9.17, 15) is 23.9 Å². The van der Waals surface area contributed by atoms with Gasteiger partial charge < -0.3 is 15.7 Å². The van der Waals surface area contributed by atoms with Crippen LogP contribution in [0.25, 0.3) is 10.4 Å². The molecular formula is C23H26FN5O4. The molecule has 0 radical (unpaired) electrons. The molecule has 2 amide bonds. The number of hydrogen-bond acceptors (Lipinski definition) is 4. The average molecular weight is 455 g/mol. The van der Waals surface area contributed by atoms with Crippen LogP contribution in [0.5, 0.6) is 0 Å². The number of nitrogens with zero attached hydrogens (tertiary/aromatic N) is 3. The predicted molar refractivity (Wildman–Crippen MR) is 120 cm³/mol. The van der Waals surface area contributed by atoms with Gasteiger partial charge in [-0.05, 0) is 67.5 Å². The molecule has 0 aliphatic heterocycles. The molecule has 0 bridgehead atoms. The fraction of sp³-hybridized carbons (Fsp3) is 0.348. The molecule has 0 aliphatic carbocycles. The molecule has 0 fully saturated rings. The van der Waals surface area contributed by atoms with Gasteiger partial charge in [0.25, 0.3) is 5.91 Å². The van der Waals surface area contributed by atoms with Crippen LogP contribution in [0, 0.1) is 5.82 Å². The van der Waals surface area contributed by atoms with E-state index < -0.39 is 17.9 Å². The van der Waals surface area contributed by atoms with Crippen molar-refractivity contribution in [1.29, 1.82) is 0 Å². The summed E-state index contributed by atoms with van der Waals surface area (Å²) in [6, 6.07) is 11.0. The van der Waals surface area contributed by atoms with E-state index in [1.165, 1.54) is 36.4 Å². The molecule has 0 saturated heterocycles. The zero-order valence-corrected chi connectivity index (χ0v) is 18.0. The number of azide groups is 1. The van der Waals surface area contributed by atoms with Crippen molar-refractivity contribution in [3.63, 3.8) is 0 Å². The molecule has 0 saturated carbocycles. The van der Waals surface area contributed by atoms with Gasteiger partial charge >= 0.3 is 5.97 Å². The highest BCUT2D eigenvalue weighted by atomic mass is 19.1. The monoisotopic (exact) mass is 455 g/mol. The first-order valence-corrected chi connectivity index (χ1v) is 10.6. The Morgan fingerprint density at radius 1 is 1.03 bits per heavy atom. The summed E-state index contributed by atoms with van der Waals surface area (Å²) in [6.07, 6.45) is 2.98. The highest BCUT2D eigenvalue weighted by Gasteiger charge is 2.20. The Labute approximate surface area is 190 Å². The standard InChI is InChI=1S/C23H26FN5O4/c24-18-11-7-16(8-12-18)4-3-6-21(30)26-15-2-1-5-20(23(32)33)27-22(31)17-9-13-19(14-10-17)28-29-25/h7-14,20H,1-6,15H2,(H,26,30)(H,27,31)(H,32,33)/t20-/m0/s1. The summed E-state index contributed by atoms with van der Waals surface area (Å²) in [5.41, 5.74) is 9.97. The van der Waals surface area contributed by atoms with Crippen molar-refractivity contribution in [1.82, 2.24) is 10.6 Å². The SMILES string of the molecule is [N-]=[N+]=Nc1ccc(C(=O)N[C@@H](CCCCNC(=O)CCCc2ccc(F)cc2)C(=O)O)cc1. The maximum Gasteiger partial charge on any atom is 0.326 e. The number of carboxylic acid groups (broad SMARTS) is 1. The van der Waals surface area contributed by atoms with E-state index in [-0.39, 0.29) is 23.7 Å². The zero-order valence-electron chi connectivity index (χ0n) is 18.0. The highest BCUT2D eigenvalue weighted by Crippen LogP contribution is 2.13. The van der Waals surface area contributed by atoms with Crippen molar-refractivity contribution in [2.75, 3.05) is 6.54 Å². The van der Waals surface area contributed by atoms with Crippen molar-refractivity contribution in [2.45, 2.75) is 44.6 Å². The Morgan fingerprint density at radius 3 is 2.36 bits per heavy atom. The van der Waals surface area contributed by atoms with Crippen LogP contribution in [0.15, 0.2) is 53.6 Å². The van der Waals surface area contributed by atoms with Crippen molar-refractivity contribution in [2.24, 2.45) is 5.11 Å². The van der Waals surface area contributed by atoms with E-state index >= 15 is 0 Å². The lowest BCUT2D eigenvalue weighted by Crippen LogP contribution is -2.40. The van der Waals surface area contributed by atoms with Crippen LogP contribution in [-0.2, 0) is 16.0 Å². The quantitative estimate of drug-likeness (QED) is 0.179. The lowest BCUT2D eigenvalue weighted by atomic mass is 10.1. The molecule has 2 aromatic rings. The van der Waals surface area contributed by atoms with E-state index in [4.69, 9.17) is 5.53 Å². The van der Waals surface area contributed by atoms with Crippen LogP contribution < -0.4 is 10.6 Å². The van der Waals surface area contributed by atoms with Crippen molar-refractivity contribution in [3.8, 4) is 0 Å². The fourth-order valence-electron chi connectivity index (χ4n) is 3.12. The molecule has 3 N–H and O–H groups in total. The van der Waals surface area contributed by atoms with Gasteiger partial charge in [0, 0.05) is 29.1 Å². The van der Waals surface area contributed by atoms with Gasteiger partial charge in [-0.3, -0.25) is 9.59 Å². The summed E-state index contributed by atoms with van der Waals surface area (Å²) in [7, 11) is 0. The number of aliphatic carboxylic acids is 1. The van der Waals surface area contributed by atoms with Crippen molar-refractivity contribution >= 4 is 23.5 Å². The first kappa shape index (κ1) is 25.4. The Bertz CT molecular complexity index is 989. The number of aryl methyl sites for hydroxylation is 1. The fourth-order valence-corrected chi connectivity index (χ4v) is 3.12. The molecule has 174 valence electrons. The van der Waals surface area contributed by atoms with Crippen molar-refractivity contribution < 1.29 is 23.9 Å². The maximum absolute atomic E-state index is 12.9. The van der Waals surface area contributed by atoms with Crippen LogP contribution in [0.4, 0.5) is 10.1 Å². The van der Waals surface area contributed by atoms with Crippen LogP contribution in [0.2, 0.25) is 0 Å². The van der Waals surface area contributed by atoms with Gasteiger partial charge in [-0.25, -0.2) is 9.18 Å². The Morgan fingerprint density at radius 2 is 1.73 bits per heavy atom. The topological polar surface area (TPSA) is 144 Å². The number of rotatable bonds is 13. The molecular weight excluding hydrogens is 429 g/mol.